The van der Waals surface area contributed by atoms with Gasteiger partial charge in [0.2, 0.25) is 5.91 Å². The van der Waals surface area contributed by atoms with Gasteiger partial charge in [-0.1, -0.05) is 134 Å². The second kappa shape index (κ2) is 31.4. The minimum Gasteiger partial charge on any atom is -0.394 e. The summed E-state index contributed by atoms with van der Waals surface area (Å²) in [6.07, 6.45) is 22.8. The maximum Gasteiger partial charge on any atom is 0.397 e. The number of amides is 1. The zero-order chi connectivity index (χ0) is 40.0. The molecule has 8 unspecified atom stereocenters. The molecule has 8 atom stereocenters. The van der Waals surface area contributed by atoms with Crippen molar-refractivity contribution in [3.8, 4) is 0 Å². The van der Waals surface area contributed by atoms with Crippen LogP contribution in [0.3, 0.4) is 0 Å². The summed E-state index contributed by atoms with van der Waals surface area (Å²) in [4.78, 5) is 12.9. The molecule has 0 radical (unpaired) electrons. The fourth-order valence-corrected chi connectivity index (χ4v) is 6.69. The van der Waals surface area contributed by atoms with Gasteiger partial charge >= 0.3 is 10.4 Å². The topological polar surface area (TPSA) is 212 Å². The van der Waals surface area contributed by atoms with Gasteiger partial charge in [-0.05, 0) is 51.4 Å². The van der Waals surface area contributed by atoms with Gasteiger partial charge in [-0.25, -0.2) is 4.18 Å². The Kier molecular flexibility index (Phi) is 29.2. The van der Waals surface area contributed by atoms with Gasteiger partial charge in [0.1, 0.15) is 30.5 Å². The molecule has 1 amide bonds. The Hall–Kier alpha value is -1.72. The summed E-state index contributed by atoms with van der Waals surface area (Å²) in [6.45, 7) is 3.09. The van der Waals surface area contributed by atoms with Gasteiger partial charge in [0.05, 0.1) is 25.4 Å². The fourth-order valence-electron chi connectivity index (χ4n) is 6.18. The molecular weight excluding hydrogens is 719 g/mol. The standard InChI is InChI=1S/C40H73NO12S/c1-3-5-7-9-11-13-14-15-16-17-18-19-20-21-23-24-26-28-33(43)32(41-39(47)34(44)29-27-25-22-12-10-8-6-4-2)31-51-40-37(46)38(53-54(48,49)50)36(45)35(30-42)52-40/h20-22,25-26,28,32-38,40,42-46H,3-19,23-24,27,29-31H2,1-2H3,(H,41,47)(H,48,49,50)/b21-20+,25-22-,28-26+. The molecule has 0 spiro atoms. The zero-order valence-corrected chi connectivity index (χ0v) is 33.7. The molecule has 14 heteroatoms. The maximum absolute atomic E-state index is 12.9. The number of aliphatic hydroxyl groups is 5. The lowest BCUT2D eigenvalue weighted by molar-refractivity contribution is -0.298. The van der Waals surface area contributed by atoms with Crippen molar-refractivity contribution in [3.05, 3.63) is 36.5 Å². The van der Waals surface area contributed by atoms with E-state index in [1.54, 1.807) is 6.08 Å². The van der Waals surface area contributed by atoms with Crippen LogP contribution in [0.15, 0.2) is 36.5 Å². The summed E-state index contributed by atoms with van der Waals surface area (Å²) in [5, 5.41) is 54.7. The predicted octanol–water partition coefficient (Wildman–Crippen LogP) is 5.74. The molecule has 0 aromatic heterocycles. The van der Waals surface area contributed by atoms with Crippen LogP contribution in [0, 0.1) is 0 Å². The van der Waals surface area contributed by atoms with Crippen LogP contribution in [0.25, 0.3) is 0 Å². The molecule has 1 heterocycles. The van der Waals surface area contributed by atoms with Crippen molar-refractivity contribution in [3.63, 3.8) is 0 Å². The molecule has 0 aromatic carbocycles. The maximum atomic E-state index is 12.9. The van der Waals surface area contributed by atoms with Crippen LogP contribution in [0.4, 0.5) is 0 Å². The highest BCUT2D eigenvalue weighted by molar-refractivity contribution is 7.80. The first-order valence-corrected chi connectivity index (χ1v) is 21.8. The second-order valence-corrected chi connectivity index (χ2v) is 15.4. The average molecular weight is 792 g/mol. The Bertz CT molecular complexity index is 1130. The van der Waals surface area contributed by atoms with Crippen LogP contribution in [-0.4, -0.2) is 107 Å². The van der Waals surface area contributed by atoms with Crippen molar-refractivity contribution in [2.24, 2.45) is 0 Å². The molecule has 0 aliphatic carbocycles. The van der Waals surface area contributed by atoms with Gasteiger partial charge in [0.25, 0.3) is 0 Å². The third-order valence-electron chi connectivity index (χ3n) is 9.51. The first-order valence-electron chi connectivity index (χ1n) is 20.5. The number of aliphatic hydroxyl groups excluding tert-OH is 5. The predicted molar refractivity (Wildman–Crippen MR) is 210 cm³/mol. The third kappa shape index (κ3) is 24.0. The van der Waals surface area contributed by atoms with Gasteiger partial charge in [-0.2, -0.15) is 8.42 Å². The number of unbranched alkanes of at least 4 members (excludes halogenated alkanes) is 16. The van der Waals surface area contributed by atoms with Crippen molar-refractivity contribution in [1.29, 1.82) is 0 Å². The normalized spacial score (nSPS) is 22.7. The molecule has 13 nitrogen and oxygen atoms in total. The molecule has 1 fully saturated rings. The summed E-state index contributed by atoms with van der Waals surface area (Å²) in [5.41, 5.74) is 0. The highest BCUT2D eigenvalue weighted by atomic mass is 32.3. The highest BCUT2D eigenvalue weighted by Crippen LogP contribution is 2.26. The molecule has 1 aliphatic rings. The number of rotatable bonds is 33. The molecule has 1 rings (SSSR count). The van der Waals surface area contributed by atoms with Crippen LogP contribution in [0.1, 0.15) is 149 Å². The molecule has 0 bridgehead atoms. The van der Waals surface area contributed by atoms with E-state index < -0.39 is 78.5 Å². The van der Waals surface area contributed by atoms with Crippen LogP contribution >= 0.6 is 0 Å². The number of ether oxygens (including phenoxy) is 2. The van der Waals surface area contributed by atoms with Crippen molar-refractivity contribution < 1.29 is 57.0 Å². The number of hydrogen-bond acceptors (Lipinski definition) is 11. The quantitative estimate of drug-likeness (QED) is 0.0241. The number of allylic oxidation sites excluding steroid dienone is 5. The van der Waals surface area contributed by atoms with E-state index in [2.05, 4.69) is 35.5 Å². The molecule has 7 N–H and O–H groups in total. The van der Waals surface area contributed by atoms with Crippen LogP contribution in [0.5, 0.6) is 0 Å². The summed E-state index contributed by atoms with van der Waals surface area (Å²) >= 11 is 0. The fraction of sp³-hybridized carbons (Fsp3) is 0.825. The van der Waals surface area contributed by atoms with E-state index in [9.17, 15) is 38.7 Å². The van der Waals surface area contributed by atoms with E-state index in [1.165, 1.54) is 76.7 Å². The summed E-state index contributed by atoms with van der Waals surface area (Å²) < 4.78 is 47.2. The van der Waals surface area contributed by atoms with E-state index in [4.69, 9.17) is 14.0 Å². The van der Waals surface area contributed by atoms with Gasteiger partial charge in [0.15, 0.2) is 6.29 Å². The lowest BCUT2D eigenvalue weighted by Crippen LogP contribution is -2.61. The van der Waals surface area contributed by atoms with Crippen molar-refractivity contribution in [2.75, 3.05) is 13.2 Å². The van der Waals surface area contributed by atoms with Gasteiger partial charge in [-0.15, -0.1) is 0 Å². The van der Waals surface area contributed by atoms with Crippen LogP contribution in [-0.2, 0) is 28.9 Å². The number of nitrogens with one attached hydrogen (secondary N) is 1. The van der Waals surface area contributed by atoms with Gasteiger partial charge in [-0.3, -0.25) is 9.35 Å². The molecule has 54 heavy (non-hydrogen) atoms. The Morgan fingerprint density at radius 3 is 1.80 bits per heavy atom. The highest BCUT2D eigenvalue weighted by Gasteiger charge is 2.48. The van der Waals surface area contributed by atoms with E-state index >= 15 is 0 Å². The molecule has 0 saturated carbocycles. The van der Waals surface area contributed by atoms with E-state index in [0.29, 0.717) is 12.8 Å². The number of carbonyl (C=O) groups is 1. The number of hydrogen-bond donors (Lipinski definition) is 7. The van der Waals surface area contributed by atoms with E-state index in [0.717, 1.165) is 44.9 Å². The first-order chi connectivity index (χ1) is 25.9. The van der Waals surface area contributed by atoms with Crippen LogP contribution in [0.2, 0.25) is 0 Å². The summed E-state index contributed by atoms with van der Waals surface area (Å²) in [5.74, 6) is -0.751. The lowest BCUT2D eigenvalue weighted by Gasteiger charge is -2.41. The largest absolute Gasteiger partial charge is 0.397 e. The van der Waals surface area contributed by atoms with Gasteiger partial charge in [0, 0.05) is 0 Å². The molecule has 0 aromatic rings. The van der Waals surface area contributed by atoms with Crippen molar-refractivity contribution in [1.82, 2.24) is 5.32 Å². The minimum absolute atomic E-state index is 0.150. The smallest absolute Gasteiger partial charge is 0.394 e. The first kappa shape index (κ1) is 50.3. The average Bonchev–Trinajstić information content (AvgIpc) is 3.14. The summed E-state index contributed by atoms with van der Waals surface area (Å²) in [6, 6.07) is -1.15. The SMILES string of the molecule is CCCCCC/C=C\CCC(O)C(=O)NC(COC1OC(CO)C(O)C(OS(=O)(=O)O)C1O)C(O)/C=C/CC/C=C/CCCCCCCCCCCCC. The lowest BCUT2D eigenvalue weighted by atomic mass is 9.99. The van der Waals surface area contributed by atoms with Crippen LogP contribution < -0.4 is 5.32 Å². The Balaban J connectivity index is 2.69. The van der Waals surface area contributed by atoms with Crippen molar-refractivity contribution >= 4 is 16.3 Å². The minimum atomic E-state index is -5.12. The Morgan fingerprint density at radius 2 is 1.24 bits per heavy atom. The van der Waals surface area contributed by atoms with E-state index in [-0.39, 0.29) is 6.42 Å². The Labute approximate surface area is 325 Å². The molecule has 1 aliphatic heterocycles. The number of carbonyl (C=O) groups excluding carboxylic acids is 1. The second-order valence-electron chi connectivity index (χ2n) is 14.3. The summed E-state index contributed by atoms with van der Waals surface area (Å²) in [7, 11) is -5.12. The monoisotopic (exact) mass is 791 g/mol. The van der Waals surface area contributed by atoms with E-state index in [1.807, 2.05) is 12.2 Å². The molecular formula is C40H73NO12S. The third-order valence-corrected chi connectivity index (χ3v) is 9.97. The molecule has 316 valence electrons. The van der Waals surface area contributed by atoms with Gasteiger partial charge < -0.3 is 40.3 Å². The zero-order valence-electron chi connectivity index (χ0n) is 32.9. The molecule has 1 saturated heterocycles. The Morgan fingerprint density at radius 1 is 0.741 bits per heavy atom. The van der Waals surface area contributed by atoms with Crippen molar-refractivity contribution in [2.45, 2.75) is 198 Å².